The molecule has 3 amide bonds. The molecule has 3 aliphatic heterocycles. The summed E-state index contributed by atoms with van der Waals surface area (Å²) in [6.45, 7) is 2.59. The zero-order valence-electron chi connectivity index (χ0n) is 34.7. The summed E-state index contributed by atoms with van der Waals surface area (Å²) in [5, 5.41) is 3.00. The number of nitrogens with one attached hydrogen (secondary N) is 1. The van der Waals surface area contributed by atoms with Crippen molar-refractivity contribution in [1.29, 1.82) is 0 Å². The summed E-state index contributed by atoms with van der Waals surface area (Å²) in [5.41, 5.74) is 20.5. The molecule has 1 spiro atoms. The van der Waals surface area contributed by atoms with Crippen LogP contribution in [0.1, 0.15) is 48.5 Å². The minimum atomic E-state index is -1.46. The molecule has 16 heteroatoms. The van der Waals surface area contributed by atoms with Crippen LogP contribution in [0.4, 0.5) is 17.2 Å². The fourth-order valence-electron chi connectivity index (χ4n) is 8.78. The molecule has 4 aliphatic rings. The molecule has 0 bridgehead atoms. The number of carbonyl (C=O) groups is 4. The third-order valence-corrected chi connectivity index (χ3v) is 12.1. The molecule has 4 heterocycles. The molecule has 314 valence electrons. The number of amides is 3. The molecule has 4 aromatic carbocycles. The number of anilines is 3. The van der Waals surface area contributed by atoms with Crippen LogP contribution in [-0.4, -0.2) is 108 Å². The lowest BCUT2D eigenvalue weighted by molar-refractivity contribution is -0.134. The van der Waals surface area contributed by atoms with Crippen LogP contribution in [0.3, 0.4) is 0 Å². The highest BCUT2D eigenvalue weighted by molar-refractivity contribution is 6.52. The highest BCUT2D eigenvalue weighted by atomic mass is 16.5. The van der Waals surface area contributed by atoms with Crippen LogP contribution in [0.15, 0.2) is 91.1 Å². The van der Waals surface area contributed by atoms with Gasteiger partial charge in [-0.1, -0.05) is 36.4 Å². The Morgan fingerprint density at radius 1 is 0.823 bits per heavy atom. The Morgan fingerprint density at radius 3 is 1.95 bits per heavy atom. The van der Waals surface area contributed by atoms with Crippen molar-refractivity contribution in [2.75, 3.05) is 69.9 Å². The second kappa shape index (κ2) is 15.5. The van der Waals surface area contributed by atoms with Crippen molar-refractivity contribution in [3.63, 3.8) is 0 Å². The summed E-state index contributed by atoms with van der Waals surface area (Å²) >= 11 is 0. The van der Waals surface area contributed by atoms with Gasteiger partial charge < -0.3 is 45.7 Å². The van der Waals surface area contributed by atoms with E-state index in [2.05, 4.69) is 29.9 Å². The molecule has 0 saturated carbocycles. The van der Waals surface area contributed by atoms with E-state index in [0.717, 1.165) is 22.5 Å². The first-order valence-corrected chi connectivity index (χ1v) is 20.2. The number of nitrogens with two attached hydrogens (primary N) is 1. The summed E-state index contributed by atoms with van der Waals surface area (Å²) < 4.78 is 12.4. The van der Waals surface area contributed by atoms with Gasteiger partial charge in [0.2, 0.25) is 11.8 Å². The summed E-state index contributed by atoms with van der Waals surface area (Å²) in [7, 11) is 6.99. The Hall–Kier alpha value is -7.58. The van der Waals surface area contributed by atoms with Crippen molar-refractivity contribution in [1.82, 2.24) is 25.1 Å². The van der Waals surface area contributed by atoms with Gasteiger partial charge in [0.25, 0.3) is 11.7 Å². The molecule has 0 radical (unpaired) electrons. The molecule has 0 atom stereocenters. The Morgan fingerprint density at radius 2 is 1.40 bits per heavy atom. The maximum atomic E-state index is 14.3. The zero-order valence-corrected chi connectivity index (χ0v) is 34.7. The Labute approximate surface area is 357 Å². The molecule has 3 N–H and O–H groups in total. The smallest absolute Gasteiger partial charge is 0.358 e. The first kappa shape index (κ1) is 39.9. The number of fused-ring (bicyclic) bond motifs is 6. The van der Waals surface area contributed by atoms with Crippen molar-refractivity contribution in [3.8, 4) is 17.5 Å². The fraction of sp³-hybridized carbons (Fsp3) is 0.283. The maximum Gasteiger partial charge on any atom is 0.358 e. The summed E-state index contributed by atoms with van der Waals surface area (Å²) in [6.07, 6.45) is 1.52. The SMILES string of the molecule is CN(C)C(=O)C1CN(c2ccc3c(c2)Oc2cc(N4CC(C(=O)N(C)C)C4)ccc2C32C(=[N+]=[N-])C(=O)c3ccc(C(=O)NCc4ccc(COc5nccc(N)n5)cc4)cc32)C1. The van der Waals surface area contributed by atoms with Crippen LogP contribution in [0.5, 0.6) is 17.5 Å². The first-order valence-electron chi connectivity index (χ1n) is 20.2. The van der Waals surface area contributed by atoms with E-state index in [0.29, 0.717) is 71.3 Å². The number of aromatic nitrogens is 2. The number of ether oxygens (including phenoxy) is 2. The van der Waals surface area contributed by atoms with Gasteiger partial charge in [-0.3, -0.25) is 19.2 Å². The minimum Gasteiger partial charge on any atom is -0.459 e. The second-order valence-electron chi connectivity index (χ2n) is 16.5. The first-order chi connectivity index (χ1) is 29.8. The maximum absolute atomic E-state index is 14.3. The van der Waals surface area contributed by atoms with Crippen molar-refractivity contribution in [2.24, 2.45) is 11.8 Å². The number of Topliss-reactive ketones (excluding diaryl/α,β-unsaturated/α-hetero) is 1. The van der Waals surface area contributed by atoms with Crippen LogP contribution >= 0.6 is 0 Å². The predicted molar refractivity (Wildman–Crippen MR) is 229 cm³/mol. The normalized spacial score (nSPS) is 15.9. The number of hydrogen-bond donors (Lipinski definition) is 2. The number of hydrogen-bond acceptors (Lipinski definition) is 11. The van der Waals surface area contributed by atoms with Crippen LogP contribution < -0.4 is 30.3 Å². The Bertz CT molecular complexity index is 2630. The molecule has 1 aromatic heterocycles. The minimum absolute atomic E-state index is 0.0612. The third kappa shape index (κ3) is 6.74. The Kier molecular flexibility index (Phi) is 9.94. The number of carbonyl (C=O) groups excluding carboxylic acids is 4. The predicted octanol–water partition coefficient (Wildman–Crippen LogP) is 3.92. The van der Waals surface area contributed by atoms with E-state index in [-0.39, 0.29) is 54.4 Å². The lowest BCUT2D eigenvalue weighted by Gasteiger charge is -2.43. The monoisotopic (exact) mass is 832 g/mol. The van der Waals surface area contributed by atoms with Crippen LogP contribution in [0.2, 0.25) is 0 Å². The quantitative estimate of drug-likeness (QED) is 0.153. The summed E-state index contributed by atoms with van der Waals surface area (Å²) in [5.74, 6) is 0.187. The van der Waals surface area contributed by atoms with Gasteiger partial charge in [-0.25, -0.2) is 4.98 Å². The van der Waals surface area contributed by atoms with Gasteiger partial charge >= 0.3 is 11.7 Å². The highest BCUT2D eigenvalue weighted by Gasteiger charge is 2.62. The fourth-order valence-corrected chi connectivity index (χ4v) is 8.78. The average Bonchev–Trinajstić information content (AvgIpc) is 3.47. The molecule has 0 unspecified atom stereocenters. The van der Waals surface area contributed by atoms with E-state index in [1.54, 1.807) is 62.3 Å². The standard InChI is InChI=1S/C46H44N10O6/c1-53(2)43(59)29-21-55(22-29)31-10-13-34-37(18-31)62-38-19-32(56-23-30(24-56)44(60)54(3)4)11-14-35(38)46(34)36-17-28(9-12-33(36)40(57)41(46)52-48)42(58)50-20-26-5-7-27(8-6-26)25-61-45-49-16-15-39(47)51-45/h5-19,29-30H,20-25H2,1-4H3,(H,50,58)(H2,47,49,51). The largest absolute Gasteiger partial charge is 0.459 e. The number of nitrogens with zero attached hydrogens (tertiary/aromatic N) is 8. The van der Waals surface area contributed by atoms with Crippen molar-refractivity contribution in [2.45, 2.75) is 18.6 Å². The van der Waals surface area contributed by atoms with E-state index in [1.807, 2.05) is 60.7 Å². The van der Waals surface area contributed by atoms with Gasteiger partial charge in [0.15, 0.2) is 5.41 Å². The molecular formula is C46H44N10O6. The van der Waals surface area contributed by atoms with Gasteiger partial charge in [-0.15, -0.1) is 0 Å². The molecule has 9 rings (SSSR count). The molecule has 16 nitrogen and oxygen atoms in total. The van der Waals surface area contributed by atoms with E-state index in [1.165, 1.54) is 6.20 Å². The second-order valence-corrected chi connectivity index (χ2v) is 16.5. The van der Waals surface area contributed by atoms with Crippen LogP contribution in [0, 0.1) is 11.8 Å². The van der Waals surface area contributed by atoms with Gasteiger partial charge in [-0.05, 0) is 53.1 Å². The lowest BCUT2D eigenvalue weighted by atomic mass is 9.67. The zero-order chi connectivity index (χ0) is 43.4. The number of nitrogen functional groups attached to an aromatic ring is 1. The lowest BCUT2D eigenvalue weighted by Crippen LogP contribution is -2.53. The average molecular weight is 833 g/mol. The molecule has 2 fully saturated rings. The van der Waals surface area contributed by atoms with Gasteiger partial charge in [0.1, 0.15) is 23.9 Å². The van der Waals surface area contributed by atoms with E-state index in [9.17, 15) is 24.7 Å². The van der Waals surface area contributed by atoms with E-state index in [4.69, 9.17) is 15.2 Å². The molecule has 1 aliphatic carbocycles. The number of ketones is 1. The number of benzene rings is 4. The molecule has 62 heavy (non-hydrogen) atoms. The molecular weight excluding hydrogens is 789 g/mol. The number of rotatable bonds is 10. The van der Waals surface area contributed by atoms with Gasteiger partial charge in [0.05, 0.1) is 11.8 Å². The third-order valence-electron chi connectivity index (χ3n) is 12.1. The highest BCUT2D eigenvalue weighted by Crippen LogP contribution is 2.57. The summed E-state index contributed by atoms with van der Waals surface area (Å²) in [4.78, 5) is 72.8. The van der Waals surface area contributed by atoms with Crippen molar-refractivity contribution in [3.05, 3.63) is 136 Å². The van der Waals surface area contributed by atoms with Crippen molar-refractivity contribution >= 4 is 46.4 Å². The van der Waals surface area contributed by atoms with Gasteiger partial charge in [0, 0.05) is 113 Å². The van der Waals surface area contributed by atoms with Crippen LogP contribution in [-0.2, 0) is 28.2 Å². The van der Waals surface area contributed by atoms with Crippen molar-refractivity contribution < 1.29 is 33.4 Å². The topological polar surface area (TPSA) is 200 Å². The van der Waals surface area contributed by atoms with Gasteiger partial charge in [-0.2, -0.15) is 9.77 Å². The van der Waals surface area contributed by atoms with E-state index >= 15 is 0 Å². The summed E-state index contributed by atoms with van der Waals surface area (Å²) in [6, 6.07) is 25.5. The van der Waals surface area contributed by atoms with Crippen LogP contribution in [0.25, 0.3) is 5.53 Å². The van der Waals surface area contributed by atoms with E-state index < -0.39 is 11.2 Å². The molecule has 5 aromatic rings. The molecule has 2 saturated heterocycles. The Balaban J connectivity index is 1.04.